The summed E-state index contributed by atoms with van der Waals surface area (Å²) in [5.41, 5.74) is 9.71. The molecule has 0 radical (unpaired) electrons. The summed E-state index contributed by atoms with van der Waals surface area (Å²) in [7, 11) is 1.31. The van der Waals surface area contributed by atoms with E-state index in [0.717, 1.165) is 18.5 Å². The number of hydrogen-bond acceptors (Lipinski definition) is 4. The Morgan fingerprint density at radius 2 is 2.08 bits per heavy atom. The molecule has 3 rings (SSSR count). The molecule has 134 valence electrons. The number of carbonyl (C=O) groups is 1. The molecule has 1 heterocycles. The maximum absolute atomic E-state index is 11.4. The second-order valence-electron chi connectivity index (χ2n) is 5.73. The first-order valence-corrected chi connectivity index (χ1v) is 8.02. The van der Waals surface area contributed by atoms with Crippen LogP contribution in [-0.2, 0) is 24.1 Å². The average molecular weight is 455 g/mol. The Labute approximate surface area is 163 Å². The maximum atomic E-state index is 11.4. The number of furan rings is 1. The highest BCUT2D eigenvalue weighted by molar-refractivity contribution is 14.0. The summed E-state index contributed by atoms with van der Waals surface area (Å²) in [6.45, 7) is 0.255. The van der Waals surface area contributed by atoms with Gasteiger partial charge in [-0.05, 0) is 55.0 Å². The van der Waals surface area contributed by atoms with Crippen LogP contribution in [0.15, 0.2) is 39.7 Å². The molecule has 0 bridgehead atoms. The minimum absolute atomic E-state index is 0. The third kappa shape index (κ3) is 4.75. The molecule has 6 nitrogen and oxygen atoms in total. The molecule has 0 saturated carbocycles. The van der Waals surface area contributed by atoms with E-state index in [2.05, 4.69) is 21.1 Å². The number of carbonyl (C=O) groups excluding carboxylic acids is 1. The second kappa shape index (κ2) is 8.89. The van der Waals surface area contributed by atoms with E-state index in [1.807, 2.05) is 12.1 Å². The number of nitrogens with zero attached hydrogens (tertiary/aromatic N) is 1. The van der Waals surface area contributed by atoms with Gasteiger partial charge in [0.1, 0.15) is 12.3 Å². The predicted molar refractivity (Wildman–Crippen MR) is 107 cm³/mol. The van der Waals surface area contributed by atoms with Crippen LogP contribution in [0, 0.1) is 0 Å². The number of esters is 1. The Morgan fingerprint density at radius 3 is 2.88 bits per heavy atom. The molecule has 1 aliphatic rings. The lowest BCUT2D eigenvalue weighted by atomic mass is 9.90. The summed E-state index contributed by atoms with van der Waals surface area (Å²) in [6.07, 6.45) is 4.61. The van der Waals surface area contributed by atoms with Crippen LogP contribution in [0.3, 0.4) is 0 Å². The normalized spacial score (nSPS) is 13.6. The summed E-state index contributed by atoms with van der Waals surface area (Å²) in [6, 6.07) is 9.48. The smallest absolute Gasteiger partial charge is 0.373 e. The number of benzene rings is 1. The van der Waals surface area contributed by atoms with Gasteiger partial charge < -0.3 is 20.2 Å². The molecule has 25 heavy (non-hydrogen) atoms. The molecule has 0 fully saturated rings. The van der Waals surface area contributed by atoms with Crippen molar-refractivity contribution in [2.75, 3.05) is 12.4 Å². The maximum Gasteiger partial charge on any atom is 0.373 e. The molecule has 1 aromatic heterocycles. The lowest BCUT2D eigenvalue weighted by Crippen LogP contribution is -2.24. The van der Waals surface area contributed by atoms with Crippen molar-refractivity contribution in [3.05, 3.63) is 53.0 Å². The van der Waals surface area contributed by atoms with E-state index < -0.39 is 5.97 Å². The van der Waals surface area contributed by atoms with E-state index in [1.54, 1.807) is 12.1 Å². The monoisotopic (exact) mass is 455 g/mol. The number of aliphatic imine (C=N–C) groups is 1. The number of halogens is 1. The van der Waals surface area contributed by atoms with E-state index in [1.165, 1.54) is 31.1 Å². The molecule has 2 aromatic rings. The highest BCUT2D eigenvalue weighted by Gasteiger charge is 2.13. The van der Waals surface area contributed by atoms with Gasteiger partial charge in [0.2, 0.25) is 5.76 Å². The molecule has 0 spiro atoms. The number of nitrogens with one attached hydrogen (secondary N) is 1. The van der Waals surface area contributed by atoms with Crippen molar-refractivity contribution in [1.29, 1.82) is 0 Å². The fourth-order valence-electron chi connectivity index (χ4n) is 2.91. The molecule has 0 unspecified atom stereocenters. The Balaban J connectivity index is 0.00000225. The minimum Gasteiger partial charge on any atom is -0.463 e. The Hall–Kier alpha value is -2.03. The molecule has 0 aliphatic heterocycles. The number of guanidine groups is 1. The molecule has 0 amide bonds. The molecule has 1 aromatic carbocycles. The van der Waals surface area contributed by atoms with Gasteiger partial charge in [-0.3, -0.25) is 0 Å². The highest BCUT2D eigenvalue weighted by Crippen LogP contribution is 2.27. The van der Waals surface area contributed by atoms with Crippen molar-refractivity contribution in [3.8, 4) is 0 Å². The van der Waals surface area contributed by atoms with Crippen LogP contribution >= 0.6 is 24.0 Å². The quantitative estimate of drug-likeness (QED) is 0.319. The van der Waals surface area contributed by atoms with E-state index in [0.29, 0.717) is 11.7 Å². The third-order valence-electron chi connectivity index (χ3n) is 4.11. The highest BCUT2D eigenvalue weighted by atomic mass is 127. The zero-order valence-corrected chi connectivity index (χ0v) is 16.4. The predicted octanol–water partition coefficient (Wildman–Crippen LogP) is 3.49. The van der Waals surface area contributed by atoms with Gasteiger partial charge in [0, 0.05) is 5.69 Å². The lowest BCUT2D eigenvalue weighted by Gasteiger charge is -2.19. The van der Waals surface area contributed by atoms with Crippen molar-refractivity contribution < 1.29 is 13.9 Å². The molecule has 7 heteroatoms. The fraction of sp³-hybridized carbons (Fsp3) is 0.333. The number of anilines is 1. The van der Waals surface area contributed by atoms with Gasteiger partial charge in [-0.1, -0.05) is 12.1 Å². The first-order chi connectivity index (χ1) is 11.7. The SMILES string of the molecule is COC(=O)c1ccc(CN=C(N)Nc2cccc3c2CCCC3)o1.I. The van der Waals surface area contributed by atoms with Crippen LogP contribution in [0.2, 0.25) is 0 Å². The van der Waals surface area contributed by atoms with Crippen molar-refractivity contribution >= 4 is 41.6 Å². The van der Waals surface area contributed by atoms with Crippen LogP contribution in [0.25, 0.3) is 0 Å². The van der Waals surface area contributed by atoms with Crippen molar-refractivity contribution in [2.24, 2.45) is 10.7 Å². The molecular formula is C18H22IN3O3. The topological polar surface area (TPSA) is 89.8 Å². The van der Waals surface area contributed by atoms with E-state index in [-0.39, 0.29) is 36.3 Å². The summed E-state index contributed by atoms with van der Waals surface area (Å²) in [5, 5.41) is 3.18. The van der Waals surface area contributed by atoms with Gasteiger partial charge in [-0.25, -0.2) is 9.79 Å². The van der Waals surface area contributed by atoms with Crippen LogP contribution in [-0.4, -0.2) is 19.0 Å². The zero-order valence-electron chi connectivity index (χ0n) is 14.1. The minimum atomic E-state index is -0.507. The van der Waals surface area contributed by atoms with Crippen molar-refractivity contribution in [3.63, 3.8) is 0 Å². The standard InChI is InChI=1S/C18H21N3O3.HI/c1-23-17(22)16-10-9-13(24-16)11-20-18(19)21-15-8-4-6-12-5-2-3-7-14(12)15;/h4,6,8-10H,2-3,5,7,11H2,1H3,(H3,19,20,21);1H. The summed E-state index contributed by atoms with van der Waals surface area (Å²) in [4.78, 5) is 15.6. The van der Waals surface area contributed by atoms with Crippen LogP contribution < -0.4 is 11.1 Å². The molecule has 3 N–H and O–H groups in total. The Morgan fingerprint density at radius 1 is 1.28 bits per heavy atom. The van der Waals surface area contributed by atoms with E-state index in [9.17, 15) is 4.79 Å². The summed E-state index contributed by atoms with van der Waals surface area (Å²) >= 11 is 0. The fourth-order valence-corrected chi connectivity index (χ4v) is 2.91. The molecule has 1 aliphatic carbocycles. The average Bonchev–Trinajstić information content (AvgIpc) is 3.09. The molecule has 0 saturated heterocycles. The first kappa shape index (κ1) is 19.3. The van der Waals surface area contributed by atoms with Crippen LogP contribution in [0.5, 0.6) is 0 Å². The number of ether oxygens (including phenoxy) is 1. The number of methoxy groups -OCH3 is 1. The lowest BCUT2D eigenvalue weighted by molar-refractivity contribution is 0.0563. The Kier molecular flexibility index (Phi) is 6.86. The van der Waals surface area contributed by atoms with Crippen LogP contribution in [0.4, 0.5) is 5.69 Å². The van der Waals surface area contributed by atoms with Gasteiger partial charge in [0.15, 0.2) is 5.96 Å². The van der Waals surface area contributed by atoms with Gasteiger partial charge in [-0.15, -0.1) is 24.0 Å². The van der Waals surface area contributed by atoms with E-state index >= 15 is 0 Å². The number of aryl methyl sites for hydroxylation is 1. The number of hydrogen-bond donors (Lipinski definition) is 2. The summed E-state index contributed by atoms with van der Waals surface area (Å²) in [5.74, 6) is 0.527. The Bertz CT molecular complexity index is 771. The number of nitrogens with two attached hydrogens (primary N) is 1. The molecular weight excluding hydrogens is 433 g/mol. The second-order valence-corrected chi connectivity index (χ2v) is 5.73. The third-order valence-corrected chi connectivity index (χ3v) is 4.11. The first-order valence-electron chi connectivity index (χ1n) is 8.02. The van der Waals surface area contributed by atoms with Crippen molar-refractivity contribution in [2.45, 2.75) is 32.2 Å². The zero-order chi connectivity index (χ0) is 16.9. The van der Waals surface area contributed by atoms with Crippen LogP contribution in [0.1, 0.15) is 40.3 Å². The number of fused-ring (bicyclic) bond motifs is 1. The van der Waals surface area contributed by atoms with E-state index in [4.69, 9.17) is 10.2 Å². The van der Waals surface area contributed by atoms with Gasteiger partial charge in [0.05, 0.1) is 7.11 Å². The van der Waals surface area contributed by atoms with Gasteiger partial charge >= 0.3 is 5.97 Å². The van der Waals surface area contributed by atoms with Crippen molar-refractivity contribution in [1.82, 2.24) is 0 Å². The summed E-state index contributed by atoms with van der Waals surface area (Å²) < 4.78 is 9.96. The molecule has 0 atom stereocenters. The van der Waals surface area contributed by atoms with Gasteiger partial charge in [0.25, 0.3) is 0 Å². The number of rotatable bonds is 4. The largest absolute Gasteiger partial charge is 0.463 e. The van der Waals surface area contributed by atoms with Gasteiger partial charge in [-0.2, -0.15) is 0 Å².